The van der Waals surface area contributed by atoms with E-state index in [9.17, 15) is 29.6 Å². The van der Waals surface area contributed by atoms with Gasteiger partial charge < -0.3 is 14.6 Å². The summed E-state index contributed by atoms with van der Waals surface area (Å²) in [5.74, 6) is -0.361. The third-order valence-corrected chi connectivity index (χ3v) is 6.29. The molecule has 2 aromatic heterocycles. The number of hydrogen-bond donors (Lipinski definition) is 2. The normalized spacial score (nSPS) is 16.5. The molecule has 0 radical (unpaired) electrons. The first-order chi connectivity index (χ1) is 15.4. The Bertz CT molecular complexity index is 1220. The lowest BCUT2D eigenvalue weighted by Crippen LogP contribution is -2.34. The van der Waals surface area contributed by atoms with E-state index in [2.05, 4.69) is 10.3 Å². The number of imidazole rings is 1. The molecule has 1 aromatic carbocycles. The van der Waals surface area contributed by atoms with E-state index in [0.29, 0.717) is 35.8 Å². The molecule has 3 aromatic rings. The summed E-state index contributed by atoms with van der Waals surface area (Å²) < 4.78 is 1.75. The second kappa shape index (κ2) is 8.75. The van der Waals surface area contributed by atoms with Crippen molar-refractivity contribution in [2.75, 3.05) is 18.4 Å². The van der Waals surface area contributed by atoms with Crippen LogP contribution in [0.25, 0.3) is 11.0 Å². The minimum Gasteiger partial charge on any atom is -0.465 e. The lowest BCUT2D eigenvalue weighted by Gasteiger charge is -2.24. The predicted molar refractivity (Wildman–Crippen MR) is 117 cm³/mol. The minimum absolute atomic E-state index is 0.150. The van der Waals surface area contributed by atoms with Crippen molar-refractivity contribution < 1.29 is 24.4 Å². The van der Waals surface area contributed by atoms with E-state index in [1.54, 1.807) is 22.8 Å². The van der Waals surface area contributed by atoms with Gasteiger partial charge in [-0.2, -0.15) is 0 Å². The van der Waals surface area contributed by atoms with Crippen LogP contribution in [0.3, 0.4) is 0 Å². The number of thiophene rings is 1. The van der Waals surface area contributed by atoms with E-state index >= 15 is 0 Å². The number of anilines is 1. The molecule has 0 aliphatic carbocycles. The molecule has 0 saturated carbocycles. The van der Waals surface area contributed by atoms with Crippen molar-refractivity contribution >= 4 is 52.3 Å². The Morgan fingerprint density at radius 3 is 2.81 bits per heavy atom. The molecule has 1 aliphatic rings. The first kappa shape index (κ1) is 21.4. The number of rotatable bonds is 5. The highest BCUT2D eigenvalue weighted by Gasteiger charge is 2.27. The number of benzene rings is 1. The van der Waals surface area contributed by atoms with Gasteiger partial charge in [0.25, 0.3) is 11.6 Å². The summed E-state index contributed by atoms with van der Waals surface area (Å²) in [4.78, 5) is 52.1. The van der Waals surface area contributed by atoms with Gasteiger partial charge in [-0.15, -0.1) is 11.3 Å². The molecule has 1 saturated heterocycles. The zero-order chi connectivity index (χ0) is 22.8. The van der Waals surface area contributed by atoms with Crippen molar-refractivity contribution in [3.05, 3.63) is 50.2 Å². The summed E-state index contributed by atoms with van der Waals surface area (Å²) in [6, 6.07) is 5.80. The van der Waals surface area contributed by atoms with Gasteiger partial charge in [-0.1, -0.05) is 0 Å². The minimum atomic E-state index is -1.02. The molecule has 4 rings (SSSR count). The summed E-state index contributed by atoms with van der Waals surface area (Å²) in [6.07, 6.45) is 1.85. The van der Waals surface area contributed by atoms with Crippen LogP contribution in [-0.4, -0.2) is 55.9 Å². The van der Waals surface area contributed by atoms with Crippen molar-refractivity contribution in [3.8, 4) is 0 Å². The molecule has 2 amide bonds. The fourth-order valence-electron chi connectivity index (χ4n) is 3.85. The first-order valence-electron chi connectivity index (χ1n) is 9.86. The molecule has 1 atom stereocenters. The number of nitrogens with zero attached hydrogens (tertiary/aromatic N) is 4. The molecule has 1 unspecified atom stereocenters. The molecule has 2 N–H and O–H groups in total. The largest absolute Gasteiger partial charge is 0.465 e. The summed E-state index contributed by atoms with van der Waals surface area (Å²) >= 11 is 0.944. The monoisotopic (exact) mass is 457 g/mol. The average molecular weight is 457 g/mol. The third kappa shape index (κ3) is 4.17. The van der Waals surface area contributed by atoms with E-state index in [0.717, 1.165) is 24.2 Å². The van der Waals surface area contributed by atoms with Gasteiger partial charge in [-0.3, -0.25) is 25.0 Å². The highest BCUT2D eigenvalue weighted by atomic mass is 32.1. The molecule has 3 heterocycles. The van der Waals surface area contributed by atoms with Gasteiger partial charge in [0, 0.05) is 24.7 Å². The zero-order valence-electron chi connectivity index (χ0n) is 16.8. The standard InChI is InChI=1S/C20H19N5O6S/c26-10-12-4-5-15-16(7-12)24(13-3-1-2-6-23(9-13)20(28)29)19(21-15)22-18(27)17-8-14(11-32-17)25(30)31/h4-5,7-8,10-11,13H,1-3,6,9H2,(H,28,29)(H,21,22,27). The van der Waals surface area contributed by atoms with Crippen molar-refractivity contribution in [1.29, 1.82) is 0 Å². The molecular formula is C20H19N5O6S. The number of fused-ring (bicyclic) bond motifs is 1. The molecule has 1 fully saturated rings. The van der Waals surface area contributed by atoms with E-state index in [-0.39, 0.29) is 29.1 Å². The summed E-state index contributed by atoms with van der Waals surface area (Å²) in [5.41, 5.74) is 1.38. The molecule has 12 heteroatoms. The SMILES string of the molecule is O=Cc1ccc2nc(NC(=O)c3cc([N+](=O)[O-])cs3)n(C3CCCCN(C(=O)O)C3)c2c1. The maximum Gasteiger partial charge on any atom is 0.407 e. The van der Waals surface area contributed by atoms with Gasteiger partial charge in [0.05, 0.1) is 32.3 Å². The number of likely N-dealkylation sites (tertiary alicyclic amines) is 1. The van der Waals surface area contributed by atoms with Crippen LogP contribution >= 0.6 is 11.3 Å². The fraction of sp³-hybridized carbons (Fsp3) is 0.300. The lowest BCUT2D eigenvalue weighted by atomic mass is 10.1. The Morgan fingerprint density at radius 2 is 2.12 bits per heavy atom. The number of aromatic nitrogens is 2. The first-order valence-corrected chi connectivity index (χ1v) is 10.7. The number of carboxylic acid groups (broad SMARTS) is 1. The van der Waals surface area contributed by atoms with E-state index < -0.39 is 16.9 Å². The number of aldehydes is 1. The highest BCUT2D eigenvalue weighted by Crippen LogP contribution is 2.31. The van der Waals surface area contributed by atoms with Crippen LogP contribution in [0.1, 0.15) is 45.3 Å². The van der Waals surface area contributed by atoms with E-state index in [4.69, 9.17) is 0 Å². The van der Waals surface area contributed by atoms with Gasteiger partial charge in [-0.05, 0) is 37.5 Å². The average Bonchev–Trinajstić information content (AvgIpc) is 3.31. The zero-order valence-corrected chi connectivity index (χ0v) is 17.6. The lowest BCUT2D eigenvalue weighted by molar-refractivity contribution is -0.384. The van der Waals surface area contributed by atoms with Crippen LogP contribution in [-0.2, 0) is 0 Å². The van der Waals surface area contributed by atoms with Gasteiger partial charge >= 0.3 is 6.09 Å². The number of nitrogens with one attached hydrogen (secondary N) is 1. The van der Waals surface area contributed by atoms with E-state index in [1.807, 2.05) is 0 Å². The summed E-state index contributed by atoms with van der Waals surface area (Å²) in [6.45, 7) is 0.623. The molecule has 1 aliphatic heterocycles. The quantitative estimate of drug-likeness (QED) is 0.336. The Morgan fingerprint density at radius 1 is 1.31 bits per heavy atom. The van der Waals surface area contributed by atoms with Crippen LogP contribution in [0.15, 0.2) is 29.6 Å². The number of carbonyl (C=O) groups is 3. The Kier molecular flexibility index (Phi) is 5.86. The third-order valence-electron chi connectivity index (χ3n) is 5.38. The maximum atomic E-state index is 12.8. The van der Waals surface area contributed by atoms with Crippen molar-refractivity contribution in [2.24, 2.45) is 0 Å². The topological polar surface area (TPSA) is 148 Å². The van der Waals surface area contributed by atoms with Crippen molar-refractivity contribution in [2.45, 2.75) is 25.3 Å². The van der Waals surface area contributed by atoms with Crippen LogP contribution in [0.5, 0.6) is 0 Å². The molecule has 0 spiro atoms. The van der Waals surface area contributed by atoms with Crippen LogP contribution in [0.2, 0.25) is 0 Å². The van der Waals surface area contributed by atoms with Gasteiger partial charge in [0.1, 0.15) is 6.29 Å². The predicted octanol–water partition coefficient (Wildman–Crippen LogP) is 3.78. The molecule has 11 nitrogen and oxygen atoms in total. The van der Waals surface area contributed by atoms with Crippen molar-refractivity contribution in [1.82, 2.24) is 14.5 Å². The highest BCUT2D eigenvalue weighted by molar-refractivity contribution is 7.12. The maximum absolute atomic E-state index is 12.8. The number of hydrogen-bond acceptors (Lipinski definition) is 7. The molecule has 166 valence electrons. The van der Waals surface area contributed by atoms with Crippen LogP contribution < -0.4 is 5.32 Å². The van der Waals surface area contributed by atoms with Crippen LogP contribution in [0, 0.1) is 10.1 Å². The van der Waals surface area contributed by atoms with Crippen molar-refractivity contribution in [3.63, 3.8) is 0 Å². The Labute approximate surface area is 185 Å². The van der Waals surface area contributed by atoms with Gasteiger partial charge in [0.2, 0.25) is 5.95 Å². The fourth-order valence-corrected chi connectivity index (χ4v) is 4.60. The number of carbonyl (C=O) groups excluding carboxylic acids is 2. The van der Waals surface area contributed by atoms with Gasteiger partial charge in [-0.25, -0.2) is 9.78 Å². The second-order valence-corrected chi connectivity index (χ2v) is 8.34. The smallest absolute Gasteiger partial charge is 0.407 e. The Balaban J connectivity index is 1.75. The van der Waals surface area contributed by atoms with Gasteiger partial charge in [0.15, 0.2) is 0 Å². The molecule has 0 bridgehead atoms. The van der Waals surface area contributed by atoms with Crippen LogP contribution in [0.4, 0.5) is 16.4 Å². The Hall–Kier alpha value is -3.80. The number of nitro groups is 1. The summed E-state index contributed by atoms with van der Waals surface area (Å²) in [7, 11) is 0. The van der Waals surface area contributed by atoms with E-state index in [1.165, 1.54) is 16.3 Å². The molecule has 32 heavy (non-hydrogen) atoms. The molecular weight excluding hydrogens is 438 g/mol. The summed E-state index contributed by atoms with van der Waals surface area (Å²) in [5, 5.41) is 24.4. The second-order valence-electron chi connectivity index (χ2n) is 7.43. The number of amides is 2.